The van der Waals surface area contributed by atoms with Gasteiger partial charge in [0.25, 0.3) is 0 Å². The van der Waals surface area contributed by atoms with Gasteiger partial charge in [0.05, 0.1) is 5.60 Å². The predicted molar refractivity (Wildman–Crippen MR) is 69.2 cm³/mol. The zero-order valence-electron chi connectivity index (χ0n) is 10.8. The lowest BCUT2D eigenvalue weighted by molar-refractivity contribution is -0.131. The number of ether oxygens (including phenoxy) is 1. The van der Waals surface area contributed by atoms with Gasteiger partial charge < -0.3 is 20.1 Å². The van der Waals surface area contributed by atoms with Crippen LogP contribution < -0.4 is 4.74 Å². The van der Waals surface area contributed by atoms with E-state index >= 15 is 0 Å². The highest BCUT2D eigenvalue weighted by Gasteiger charge is 2.35. The highest BCUT2D eigenvalue weighted by atomic mass is 16.5. The monoisotopic (exact) mass is 264 g/mol. The third-order valence-electron chi connectivity index (χ3n) is 3.08. The Hall–Kier alpha value is -2.01. The first-order valence-electron chi connectivity index (χ1n) is 5.93. The maximum absolute atomic E-state index is 10.5. The fourth-order valence-electron chi connectivity index (χ4n) is 1.99. The third kappa shape index (κ3) is 2.88. The fourth-order valence-corrected chi connectivity index (χ4v) is 1.99. The minimum Gasteiger partial charge on any atom is -0.507 e. The number of benzene rings is 1. The predicted octanol–water partition coefficient (Wildman–Crippen LogP) is 1.56. The van der Waals surface area contributed by atoms with E-state index in [9.17, 15) is 15.0 Å². The van der Waals surface area contributed by atoms with E-state index in [2.05, 4.69) is 0 Å². The summed E-state index contributed by atoms with van der Waals surface area (Å²) in [7, 11) is 0. The van der Waals surface area contributed by atoms with Crippen LogP contribution in [-0.2, 0) is 11.2 Å². The Morgan fingerprint density at radius 3 is 2.74 bits per heavy atom. The summed E-state index contributed by atoms with van der Waals surface area (Å²) < 4.78 is 5.58. The molecule has 1 aliphatic heterocycles. The summed E-state index contributed by atoms with van der Waals surface area (Å²) in [6, 6.07) is 3.12. The van der Waals surface area contributed by atoms with Gasteiger partial charge in [-0.25, -0.2) is 4.79 Å². The van der Waals surface area contributed by atoms with E-state index in [4.69, 9.17) is 9.84 Å². The summed E-state index contributed by atoms with van der Waals surface area (Å²) in [4.78, 5) is 10.5. The smallest absolute Gasteiger partial charge is 0.328 e. The average Bonchev–Trinajstić information content (AvgIpc) is 2.68. The van der Waals surface area contributed by atoms with Crippen LogP contribution in [0.15, 0.2) is 18.2 Å². The molecule has 2 rings (SSSR count). The second-order valence-corrected chi connectivity index (χ2v) is 5.15. The van der Waals surface area contributed by atoms with Crippen molar-refractivity contribution in [2.24, 2.45) is 0 Å². The van der Waals surface area contributed by atoms with Crippen molar-refractivity contribution in [2.45, 2.75) is 32.0 Å². The molecule has 1 aromatic rings. The van der Waals surface area contributed by atoms with Gasteiger partial charge in [0, 0.05) is 24.1 Å². The van der Waals surface area contributed by atoms with Gasteiger partial charge in [-0.05, 0) is 31.6 Å². The summed E-state index contributed by atoms with van der Waals surface area (Å²) >= 11 is 0. The van der Waals surface area contributed by atoms with Crippen LogP contribution in [-0.4, -0.2) is 33.0 Å². The zero-order valence-corrected chi connectivity index (χ0v) is 10.8. The van der Waals surface area contributed by atoms with Gasteiger partial charge in [-0.15, -0.1) is 0 Å². The summed E-state index contributed by atoms with van der Waals surface area (Å²) in [5, 5.41) is 28.3. The maximum Gasteiger partial charge on any atom is 0.328 e. The van der Waals surface area contributed by atoms with Crippen LogP contribution >= 0.6 is 0 Å². The molecule has 0 aromatic heterocycles. The van der Waals surface area contributed by atoms with Gasteiger partial charge in [0.1, 0.15) is 17.6 Å². The number of aromatic hydroxyl groups is 1. The summed E-state index contributed by atoms with van der Waals surface area (Å²) in [5.74, 6) is -0.602. The molecule has 0 aliphatic carbocycles. The first-order valence-corrected chi connectivity index (χ1v) is 5.93. The van der Waals surface area contributed by atoms with Crippen molar-refractivity contribution in [1.82, 2.24) is 0 Å². The zero-order chi connectivity index (χ0) is 14.2. The van der Waals surface area contributed by atoms with Crippen molar-refractivity contribution in [3.8, 4) is 11.5 Å². The van der Waals surface area contributed by atoms with Crippen LogP contribution in [0.25, 0.3) is 6.08 Å². The number of fused-ring (bicyclic) bond motifs is 1. The molecule has 0 fully saturated rings. The number of hydrogen-bond donors (Lipinski definition) is 3. The van der Waals surface area contributed by atoms with E-state index in [1.54, 1.807) is 19.9 Å². The van der Waals surface area contributed by atoms with Gasteiger partial charge in [0.2, 0.25) is 0 Å². The van der Waals surface area contributed by atoms with Crippen LogP contribution in [0.4, 0.5) is 0 Å². The highest BCUT2D eigenvalue weighted by molar-refractivity contribution is 5.86. The second kappa shape index (κ2) is 4.59. The number of carboxylic acid groups (broad SMARTS) is 1. The molecule has 0 radical (unpaired) electrons. The van der Waals surface area contributed by atoms with Crippen molar-refractivity contribution in [1.29, 1.82) is 0 Å². The molecule has 0 bridgehead atoms. The lowest BCUT2D eigenvalue weighted by Crippen LogP contribution is -2.39. The summed E-state index contributed by atoms with van der Waals surface area (Å²) in [6.45, 7) is 3.32. The molecule has 5 nitrogen and oxygen atoms in total. The average molecular weight is 264 g/mol. The van der Waals surface area contributed by atoms with Crippen molar-refractivity contribution in [3.05, 3.63) is 29.3 Å². The lowest BCUT2D eigenvalue weighted by atomic mass is 9.96. The Labute approximate surface area is 110 Å². The maximum atomic E-state index is 10.5. The van der Waals surface area contributed by atoms with Crippen LogP contribution in [0.3, 0.4) is 0 Å². The topological polar surface area (TPSA) is 87.0 Å². The summed E-state index contributed by atoms with van der Waals surface area (Å²) in [5.41, 5.74) is 0.280. The quantitative estimate of drug-likeness (QED) is 0.721. The minimum absolute atomic E-state index is 0.0485. The normalized spacial score (nSPS) is 18.4. The van der Waals surface area contributed by atoms with E-state index in [1.165, 1.54) is 12.1 Å². The first-order chi connectivity index (χ1) is 8.77. The van der Waals surface area contributed by atoms with Gasteiger partial charge in [-0.2, -0.15) is 0 Å². The molecule has 1 aliphatic rings. The highest BCUT2D eigenvalue weighted by Crippen LogP contribution is 2.37. The first kappa shape index (κ1) is 13.4. The molecular weight excluding hydrogens is 248 g/mol. The molecular formula is C14H16O5. The molecule has 0 spiro atoms. The van der Waals surface area contributed by atoms with E-state index < -0.39 is 11.6 Å². The summed E-state index contributed by atoms with van der Waals surface area (Å²) in [6.07, 6.45) is 2.44. The SMILES string of the molecule is CC(C)(O)C1Cc2cc(C=CC(=O)O)c(O)cc2O1. The Bertz CT molecular complexity index is 540. The Morgan fingerprint density at radius 2 is 2.16 bits per heavy atom. The number of carboxylic acids is 1. The Balaban J connectivity index is 2.30. The number of phenolic OH excluding ortho intramolecular Hbond substituents is 1. The molecule has 1 heterocycles. The van der Waals surface area contributed by atoms with Crippen molar-refractivity contribution >= 4 is 12.0 Å². The number of phenols is 1. The number of aliphatic hydroxyl groups is 1. The van der Waals surface area contributed by atoms with Gasteiger partial charge in [-0.3, -0.25) is 0 Å². The standard InChI is InChI=1S/C14H16O5/c1-14(2,18)12-6-9-5-8(3-4-13(16)17)10(15)7-11(9)19-12/h3-5,7,12,15,18H,6H2,1-2H3,(H,16,17). The number of rotatable bonds is 3. The molecule has 1 unspecified atom stereocenters. The third-order valence-corrected chi connectivity index (χ3v) is 3.08. The molecule has 0 saturated carbocycles. The molecule has 3 N–H and O–H groups in total. The van der Waals surface area contributed by atoms with Crippen LogP contribution in [0.5, 0.6) is 11.5 Å². The molecule has 19 heavy (non-hydrogen) atoms. The van der Waals surface area contributed by atoms with E-state index in [1.807, 2.05) is 0 Å². The second-order valence-electron chi connectivity index (χ2n) is 5.15. The van der Waals surface area contributed by atoms with E-state index in [-0.39, 0.29) is 11.9 Å². The number of hydrogen-bond acceptors (Lipinski definition) is 4. The Morgan fingerprint density at radius 1 is 1.47 bits per heavy atom. The molecule has 102 valence electrons. The largest absolute Gasteiger partial charge is 0.507 e. The molecule has 1 aromatic carbocycles. The molecule has 1 atom stereocenters. The number of aliphatic carboxylic acids is 1. The van der Waals surface area contributed by atoms with Gasteiger partial charge >= 0.3 is 5.97 Å². The van der Waals surface area contributed by atoms with Crippen molar-refractivity contribution in [2.75, 3.05) is 0 Å². The minimum atomic E-state index is -1.08. The van der Waals surface area contributed by atoms with Crippen molar-refractivity contribution < 1.29 is 24.9 Å². The van der Waals surface area contributed by atoms with Gasteiger partial charge in [-0.1, -0.05) is 0 Å². The van der Waals surface area contributed by atoms with Gasteiger partial charge in [0.15, 0.2) is 0 Å². The molecule has 0 saturated heterocycles. The Kier molecular flexibility index (Phi) is 3.24. The van der Waals surface area contributed by atoms with Crippen LogP contribution in [0.1, 0.15) is 25.0 Å². The van der Waals surface area contributed by atoms with E-state index in [0.717, 1.165) is 11.6 Å². The fraction of sp³-hybridized carbons (Fsp3) is 0.357. The van der Waals surface area contributed by atoms with Crippen LogP contribution in [0.2, 0.25) is 0 Å². The molecule has 0 amide bonds. The van der Waals surface area contributed by atoms with E-state index in [0.29, 0.717) is 17.7 Å². The molecule has 5 heteroatoms. The van der Waals surface area contributed by atoms with Crippen molar-refractivity contribution in [3.63, 3.8) is 0 Å². The number of carbonyl (C=O) groups is 1. The van der Waals surface area contributed by atoms with Crippen LogP contribution in [0, 0.1) is 0 Å². The lowest BCUT2D eigenvalue weighted by Gasteiger charge is -2.24.